The number of benzene rings is 1. The van der Waals surface area contributed by atoms with Crippen molar-refractivity contribution in [2.24, 2.45) is 0 Å². The van der Waals surface area contributed by atoms with Crippen molar-refractivity contribution in [3.63, 3.8) is 0 Å². The number of alkyl halides is 2. The summed E-state index contributed by atoms with van der Waals surface area (Å²) in [5.41, 5.74) is 0.571. The molecule has 1 aromatic heterocycles. The summed E-state index contributed by atoms with van der Waals surface area (Å²) in [7, 11) is 0. The number of nitrogens with one attached hydrogen (secondary N) is 1. The number of carbonyl (C=O) groups excluding carboxylic acids is 1. The van der Waals surface area contributed by atoms with Crippen LogP contribution in [-0.2, 0) is 4.79 Å². The molecule has 2 aromatic rings. The van der Waals surface area contributed by atoms with Gasteiger partial charge in [-0.1, -0.05) is 6.58 Å². The van der Waals surface area contributed by atoms with Gasteiger partial charge in [0.1, 0.15) is 5.52 Å². The number of hydrogen-bond acceptors (Lipinski definition) is 3. The second-order valence-electron chi connectivity index (χ2n) is 5.68. The van der Waals surface area contributed by atoms with Crippen LogP contribution in [0.1, 0.15) is 37.5 Å². The molecule has 1 aromatic carbocycles. The summed E-state index contributed by atoms with van der Waals surface area (Å²) in [5.74, 6) is -3.69. The summed E-state index contributed by atoms with van der Waals surface area (Å²) < 4.78 is 45.9. The minimum atomic E-state index is -2.63. The Labute approximate surface area is 130 Å². The highest BCUT2D eigenvalue weighted by atomic mass is 19.3. The maximum atomic E-state index is 13.9. The summed E-state index contributed by atoms with van der Waals surface area (Å²) in [6, 6.07) is 2.48. The molecule has 0 saturated heterocycles. The monoisotopic (exact) mass is 324 g/mol. The molecule has 122 valence electrons. The highest BCUT2D eigenvalue weighted by Gasteiger charge is 2.37. The maximum Gasteiger partial charge on any atom is 0.248 e. The zero-order valence-electron chi connectivity index (χ0n) is 12.2. The first-order valence-electron chi connectivity index (χ1n) is 7.29. The molecule has 0 unspecified atom stereocenters. The van der Waals surface area contributed by atoms with Crippen LogP contribution in [0.2, 0.25) is 0 Å². The molecular weight excluding hydrogens is 309 g/mol. The fourth-order valence-electron chi connectivity index (χ4n) is 2.71. The average molecular weight is 324 g/mol. The summed E-state index contributed by atoms with van der Waals surface area (Å²) in [4.78, 5) is 15.5. The second-order valence-corrected chi connectivity index (χ2v) is 5.68. The Morgan fingerprint density at radius 1 is 1.39 bits per heavy atom. The van der Waals surface area contributed by atoms with Gasteiger partial charge in [0.2, 0.25) is 11.8 Å². The van der Waals surface area contributed by atoms with E-state index in [1.54, 1.807) is 0 Å². The van der Waals surface area contributed by atoms with Crippen LogP contribution < -0.4 is 5.32 Å². The van der Waals surface area contributed by atoms with Crippen LogP contribution in [0.3, 0.4) is 0 Å². The number of nitrogens with zero attached hydrogens (tertiary/aromatic N) is 1. The average Bonchev–Trinajstić information content (AvgIpc) is 2.90. The molecule has 1 saturated carbocycles. The molecule has 0 spiro atoms. The van der Waals surface area contributed by atoms with Crippen molar-refractivity contribution < 1.29 is 22.4 Å². The number of rotatable bonds is 3. The third-order valence-electron chi connectivity index (χ3n) is 4.00. The van der Waals surface area contributed by atoms with Crippen molar-refractivity contribution >= 4 is 22.7 Å². The van der Waals surface area contributed by atoms with E-state index in [4.69, 9.17) is 4.42 Å². The standard InChI is InChI=1S/C16H15F3N2O2/c1-2-14(22)20-11-8-12-13(7-10(11)17)23-15(21-12)9-3-5-16(18,19)6-4-9/h2,7-9H,1,3-6H2,(H,20,22). The van der Waals surface area contributed by atoms with Crippen LogP contribution in [0.4, 0.5) is 18.9 Å². The topological polar surface area (TPSA) is 55.1 Å². The summed E-state index contributed by atoms with van der Waals surface area (Å²) >= 11 is 0. The summed E-state index contributed by atoms with van der Waals surface area (Å²) in [5, 5.41) is 2.34. The van der Waals surface area contributed by atoms with E-state index in [0.29, 0.717) is 11.4 Å². The van der Waals surface area contributed by atoms with Crippen molar-refractivity contribution in [2.45, 2.75) is 37.5 Å². The minimum Gasteiger partial charge on any atom is -0.440 e. The lowest BCUT2D eigenvalue weighted by Gasteiger charge is -2.26. The lowest BCUT2D eigenvalue weighted by molar-refractivity contribution is -0.111. The highest BCUT2D eigenvalue weighted by molar-refractivity contribution is 6.00. The quantitative estimate of drug-likeness (QED) is 0.852. The Hall–Kier alpha value is -2.31. The lowest BCUT2D eigenvalue weighted by Crippen LogP contribution is -2.23. The molecule has 1 amide bonds. The molecule has 1 heterocycles. The molecule has 0 radical (unpaired) electrons. The number of anilines is 1. The number of carbonyl (C=O) groups is 1. The normalized spacial score (nSPS) is 18.0. The van der Waals surface area contributed by atoms with Gasteiger partial charge in [-0.2, -0.15) is 0 Å². The van der Waals surface area contributed by atoms with Crippen LogP contribution in [0, 0.1) is 5.82 Å². The molecule has 1 N–H and O–H groups in total. The molecule has 4 nitrogen and oxygen atoms in total. The van der Waals surface area contributed by atoms with Gasteiger partial charge < -0.3 is 9.73 Å². The fourth-order valence-corrected chi connectivity index (χ4v) is 2.71. The molecule has 1 aliphatic rings. The SMILES string of the molecule is C=CC(=O)Nc1cc2nc(C3CCC(F)(F)CC3)oc2cc1F. The van der Waals surface area contributed by atoms with Crippen molar-refractivity contribution in [1.82, 2.24) is 4.98 Å². The Bertz CT molecular complexity index is 760. The Morgan fingerprint density at radius 2 is 2.09 bits per heavy atom. The van der Waals surface area contributed by atoms with E-state index < -0.39 is 17.6 Å². The minimum absolute atomic E-state index is 0.0302. The predicted octanol–water partition coefficient (Wildman–Crippen LogP) is 4.38. The largest absolute Gasteiger partial charge is 0.440 e. The number of fused-ring (bicyclic) bond motifs is 1. The van der Waals surface area contributed by atoms with Gasteiger partial charge in [0.15, 0.2) is 17.3 Å². The van der Waals surface area contributed by atoms with Gasteiger partial charge in [-0.25, -0.2) is 18.2 Å². The van der Waals surface area contributed by atoms with Gasteiger partial charge in [-0.3, -0.25) is 4.79 Å². The molecule has 7 heteroatoms. The summed E-state index contributed by atoms with van der Waals surface area (Å²) in [6.45, 7) is 3.30. The van der Waals surface area contributed by atoms with E-state index in [1.165, 1.54) is 6.07 Å². The van der Waals surface area contributed by atoms with Gasteiger partial charge in [-0.05, 0) is 25.0 Å². The zero-order valence-corrected chi connectivity index (χ0v) is 12.2. The van der Waals surface area contributed by atoms with Crippen LogP contribution >= 0.6 is 0 Å². The first-order chi connectivity index (χ1) is 10.9. The van der Waals surface area contributed by atoms with E-state index in [2.05, 4.69) is 16.9 Å². The molecule has 1 aliphatic carbocycles. The van der Waals surface area contributed by atoms with E-state index >= 15 is 0 Å². The van der Waals surface area contributed by atoms with E-state index in [1.807, 2.05) is 0 Å². The van der Waals surface area contributed by atoms with Gasteiger partial charge in [0, 0.05) is 24.8 Å². The van der Waals surface area contributed by atoms with Crippen molar-refractivity contribution in [3.05, 3.63) is 36.5 Å². The first kappa shape index (κ1) is 15.6. The maximum absolute atomic E-state index is 13.9. The van der Waals surface area contributed by atoms with E-state index in [9.17, 15) is 18.0 Å². The second kappa shape index (κ2) is 5.72. The van der Waals surface area contributed by atoms with Crippen molar-refractivity contribution in [3.8, 4) is 0 Å². The molecule has 0 aliphatic heterocycles. The van der Waals surface area contributed by atoms with Gasteiger partial charge >= 0.3 is 0 Å². The fraction of sp³-hybridized carbons (Fsp3) is 0.375. The number of hydrogen-bond donors (Lipinski definition) is 1. The molecule has 23 heavy (non-hydrogen) atoms. The Morgan fingerprint density at radius 3 is 2.74 bits per heavy atom. The van der Waals surface area contributed by atoms with Crippen molar-refractivity contribution in [1.29, 1.82) is 0 Å². The van der Waals surface area contributed by atoms with Crippen LogP contribution in [0.25, 0.3) is 11.1 Å². The lowest BCUT2D eigenvalue weighted by atomic mass is 9.87. The molecule has 1 fully saturated rings. The Balaban J connectivity index is 1.87. The third kappa shape index (κ3) is 3.23. The number of oxazole rings is 1. The van der Waals surface area contributed by atoms with E-state index in [0.717, 1.165) is 12.1 Å². The zero-order chi connectivity index (χ0) is 16.6. The third-order valence-corrected chi connectivity index (χ3v) is 4.00. The first-order valence-corrected chi connectivity index (χ1v) is 7.29. The number of amides is 1. The predicted molar refractivity (Wildman–Crippen MR) is 78.9 cm³/mol. The van der Waals surface area contributed by atoms with Crippen LogP contribution in [0.15, 0.2) is 29.2 Å². The van der Waals surface area contributed by atoms with Gasteiger partial charge in [0.25, 0.3) is 0 Å². The van der Waals surface area contributed by atoms with Gasteiger partial charge in [0.05, 0.1) is 5.69 Å². The van der Waals surface area contributed by atoms with Crippen LogP contribution in [-0.4, -0.2) is 16.8 Å². The molecule has 3 rings (SSSR count). The smallest absolute Gasteiger partial charge is 0.248 e. The highest BCUT2D eigenvalue weighted by Crippen LogP contribution is 2.41. The van der Waals surface area contributed by atoms with Crippen LogP contribution in [0.5, 0.6) is 0 Å². The number of aromatic nitrogens is 1. The van der Waals surface area contributed by atoms with E-state index in [-0.39, 0.29) is 42.9 Å². The van der Waals surface area contributed by atoms with Gasteiger partial charge in [-0.15, -0.1) is 0 Å². The molecular formula is C16H15F3N2O2. The Kier molecular flexibility index (Phi) is 3.87. The number of halogens is 3. The van der Waals surface area contributed by atoms with Crippen molar-refractivity contribution in [2.75, 3.05) is 5.32 Å². The molecule has 0 atom stereocenters. The summed E-state index contributed by atoms with van der Waals surface area (Å²) in [6.07, 6.45) is 1.18. The molecule has 0 bridgehead atoms.